The first-order valence-electron chi connectivity index (χ1n) is 21.0. The Morgan fingerprint density at radius 2 is 0.857 bits per heavy atom. The summed E-state index contributed by atoms with van der Waals surface area (Å²) >= 11 is 0. The third kappa shape index (κ3) is 5.52. The number of pyridine rings is 1. The molecule has 13 aromatic rings. The Bertz CT molecular complexity index is 3790. The van der Waals surface area contributed by atoms with Crippen LogP contribution in [0.1, 0.15) is 0 Å². The topological polar surface area (TPSA) is 79.2 Å². The van der Waals surface area contributed by atoms with Gasteiger partial charge in [0.25, 0.3) is 0 Å². The van der Waals surface area contributed by atoms with Crippen molar-refractivity contribution in [2.24, 2.45) is 0 Å². The van der Waals surface area contributed by atoms with Crippen LogP contribution in [0.5, 0.6) is 0 Å². The lowest BCUT2D eigenvalue weighted by molar-refractivity contribution is 0.967. The molecule has 13 rings (SSSR count). The van der Waals surface area contributed by atoms with Gasteiger partial charge in [0.2, 0.25) is 5.95 Å². The Labute approximate surface area is 360 Å². The van der Waals surface area contributed by atoms with Crippen LogP contribution in [-0.2, 0) is 0 Å². The molecule has 0 radical (unpaired) electrons. The van der Waals surface area contributed by atoms with Gasteiger partial charge in [0.15, 0.2) is 5.82 Å². The fourth-order valence-corrected chi connectivity index (χ4v) is 9.40. The van der Waals surface area contributed by atoms with E-state index in [-0.39, 0.29) is 0 Å². The van der Waals surface area contributed by atoms with Crippen LogP contribution in [0.2, 0.25) is 0 Å². The zero-order valence-electron chi connectivity index (χ0n) is 33.7. The van der Waals surface area contributed by atoms with Crippen molar-refractivity contribution in [1.29, 1.82) is 0 Å². The quantitative estimate of drug-likeness (QED) is 0.167. The minimum absolute atomic E-state index is 0.612. The number of hydrogen-bond donors (Lipinski definition) is 0. The number of hydrogen-bond acceptors (Lipinski definition) is 5. The first kappa shape index (κ1) is 35.0. The van der Waals surface area contributed by atoms with Gasteiger partial charge >= 0.3 is 0 Å². The molecule has 0 bridgehead atoms. The van der Waals surface area contributed by atoms with Crippen LogP contribution in [0, 0.1) is 0 Å². The molecule has 63 heavy (non-hydrogen) atoms. The van der Waals surface area contributed by atoms with E-state index in [4.69, 9.17) is 24.9 Å². The van der Waals surface area contributed by atoms with Crippen LogP contribution in [0.15, 0.2) is 207 Å². The molecule has 7 aromatic carbocycles. The molecule has 6 aromatic heterocycles. The Balaban J connectivity index is 0.934. The van der Waals surface area contributed by atoms with E-state index in [1.54, 1.807) is 0 Å². The molecule has 0 aliphatic heterocycles. The van der Waals surface area contributed by atoms with Gasteiger partial charge < -0.3 is 4.57 Å². The van der Waals surface area contributed by atoms with E-state index in [2.05, 4.69) is 159 Å². The van der Waals surface area contributed by atoms with Gasteiger partial charge in [0.05, 0.1) is 62.4 Å². The molecule has 0 aliphatic carbocycles. The van der Waals surface area contributed by atoms with E-state index in [1.807, 2.05) is 61.1 Å². The standard InChI is InChI=1S/C55H34N8/c1-3-14-35(15-4-1)45-32-52(60-54(59-45)36-16-5-2-6-17-36)62-46-21-10-7-18-40(46)43-30-37(25-27-49(43)62)38-26-28-50-44(31-38)41-19-8-11-22-47(41)63(50)55-57-33-39(34-58-55)61-48-23-12-9-20-42(48)53-51(61)24-13-29-56-53/h1-34H. The first-order valence-corrected chi connectivity index (χ1v) is 21.0. The van der Waals surface area contributed by atoms with Crippen molar-refractivity contribution in [2.45, 2.75) is 0 Å². The summed E-state index contributed by atoms with van der Waals surface area (Å²) in [7, 11) is 0. The summed E-state index contributed by atoms with van der Waals surface area (Å²) < 4.78 is 6.62. The van der Waals surface area contributed by atoms with E-state index in [9.17, 15) is 0 Å². The normalized spacial score (nSPS) is 11.8. The highest BCUT2D eigenvalue weighted by Crippen LogP contribution is 2.39. The molecule has 6 heterocycles. The molecule has 0 atom stereocenters. The number of nitrogens with zero attached hydrogens (tertiary/aromatic N) is 8. The highest BCUT2D eigenvalue weighted by molar-refractivity contribution is 6.13. The summed E-state index contributed by atoms with van der Waals surface area (Å²) in [4.78, 5) is 25.0. The maximum Gasteiger partial charge on any atom is 0.234 e. The van der Waals surface area contributed by atoms with Crippen molar-refractivity contribution in [2.75, 3.05) is 0 Å². The number of rotatable bonds is 6. The van der Waals surface area contributed by atoms with Crippen molar-refractivity contribution >= 4 is 65.5 Å². The zero-order valence-corrected chi connectivity index (χ0v) is 33.7. The minimum atomic E-state index is 0.612. The first-order chi connectivity index (χ1) is 31.2. The summed E-state index contributed by atoms with van der Waals surface area (Å²) in [5.41, 5.74) is 13.3. The predicted molar refractivity (Wildman–Crippen MR) is 255 cm³/mol. The third-order valence-corrected chi connectivity index (χ3v) is 12.2. The fraction of sp³-hybridized carbons (Fsp3) is 0. The summed E-state index contributed by atoms with van der Waals surface area (Å²) in [6.07, 6.45) is 5.66. The lowest BCUT2D eigenvalue weighted by Crippen LogP contribution is -2.03. The predicted octanol–water partition coefficient (Wildman–Crippen LogP) is 13.0. The third-order valence-electron chi connectivity index (χ3n) is 12.2. The molecule has 0 spiro atoms. The smallest absolute Gasteiger partial charge is 0.234 e. The van der Waals surface area contributed by atoms with E-state index < -0.39 is 0 Å². The van der Waals surface area contributed by atoms with Gasteiger partial charge in [-0.15, -0.1) is 0 Å². The average Bonchev–Trinajstić information content (AvgIpc) is 4.00. The summed E-state index contributed by atoms with van der Waals surface area (Å²) in [5, 5.41) is 5.68. The molecule has 8 heteroatoms. The fourth-order valence-electron chi connectivity index (χ4n) is 9.40. The van der Waals surface area contributed by atoms with Crippen molar-refractivity contribution in [3.8, 4) is 51.2 Å². The van der Waals surface area contributed by atoms with Gasteiger partial charge in [-0.25, -0.2) is 19.9 Å². The van der Waals surface area contributed by atoms with Crippen LogP contribution in [0.3, 0.4) is 0 Å². The van der Waals surface area contributed by atoms with Gasteiger partial charge in [-0.3, -0.25) is 14.1 Å². The molecular weight excluding hydrogens is 773 g/mol. The van der Waals surface area contributed by atoms with Gasteiger partial charge in [-0.1, -0.05) is 127 Å². The Kier molecular flexibility index (Phi) is 7.74. The maximum atomic E-state index is 5.22. The van der Waals surface area contributed by atoms with Crippen LogP contribution in [-0.4, -0.2) is 38.6 Å². The van der Waals surface area contributed by atoms with Gasteiger partial charge in [-0.2, -0.15) is 0 Å². The molecular formula is C55H34N8. The van der Waals surface area contributed by atoms with Gasteiger partial charge in [-0.05, 0) is 65.7 Å². The average molecular weight is 807 g/mol. The molecule has 0 saturated carbocycles. The number of fused-ring (bicyclic) bond motifs is 9. The molecule has 0 unspecified atom stereocenters. The van der Waals surface area contributed by atoms with E-state index in [1.165, 1.54) is 0 Å². The van der Waals surface area contributed by atoms with Crippen LogP contribution in [0.25, 0.3) is 117 Å². The van der Waals surface area contributed by atoms with Gasteiger partial charge in [0, 0.05) is 50.3 Å². The molecule has 0 amide bonds. The lowest BCUT2D eigenvalue weighted by atomic mass is 10.0. The van der Waals surface area contributed by atoms with Crippen molar-refractivity contribution in [1.82, 2.24) is 38.6 Å². The maximum absolute atomic E-state index is 5.22. The SMILES string of the molecule is c1ccc(-c2cc(-n3c4ccccc4c4cc(-c5ccc6c(c5)c5ccccc5n6-c5ncc(-n6c7ccccc7c7ncccc76)cn5)ccc43)nc(-c3ccccc3)n2)cc1. The Hall–Kier alpha value is -8.75. The molecule has 0 fully saturated rings. The Morgan fingerprint density at radius 3 is 1.52 bits per heavy atom. The highest BCUT2D eigenvalue weighted by atomic mass is 15.2. The minimum Gasteiger partial charge on any atom is -0.305 e. The summed E-state index contributed by atoms with van der Waals surface area (Å²) in [5.74, 6) is 2.11. The summed E-state index contributed by atoms with van der Waals surface area (Å²) in [6, 6.07) is 65.6. The van der Waals surface area contributed by atoms with Gasteiger partial charge in [0.1, 0.15) is 5.82 Å². The second-order valence-electron chi connectivity index (χ2n) is 15.8. The monoisotopic (exact) mass is 806 g/mol. The summed E-state index contributed by atoms with van der Waals surface area (Å²) in [6.45, 7) is 0. The van der Waals surface area contributed by atoms with Crippen molar-refractivity contribution < 1.29 is 0 Å². The molecule has 8 nitrogen and oxygen atoms in total. The van der Waals surface area contributed by atoms with Crippen LogP contribution >= 0.6 is 0 Å². The second kappa shape index (κ2) is 13.9. The van der Waals surface area contributed by atoms with E-state index in [0.29, 0.717) is 11.8 Å². The largest absolute Gasteiger partial charge is 0.305 e. The van der Waals surface area contributed by atoms with Crippen LogP contribution in [0.4, 0.5) is 0 Å². The van der Waals surface area contributed by atoms with Crippen molar-refractivity contribution in [3.63, 3.8) is 0 Å². The van der Waals surface area contributed by atoms with Crippen molar-refractivity contribution in [3.05, 3.63) is 207 Å². The van der Waals surface area contributed by atoms with Crippen LogP contribution < -0.4 is 0 Å². The molecule has 0 aliphatic rings. The number of benzene rings is 7. The second-order valence-corrected chi connectivity index (χ2v) is 15.8. The highest BCUT2D eigenvalue weighted by Gasteiger charge is 2.20. The number of aromatic nitrogens is 8. The molecule has 294 valence electrons. The molecule has 0 saturated heterocycles. The zero-order chi connectivity index (χ0) is 41.4. The van der Waals surface area contributed by atoms with E-state index >= 15 is 0 Å². The van der Waals surface area contributed by atoms with E-state index in [0.717, 1.165) is 105 Å². The molecule has 0 N–H and O–H groups in total. The lowest BCUT2D eigenvalue weighted by Gasteiger charge is -2.12. The Morgan fingerprint density at radius 1 is 0.333 bits per heavy atom. The number of para-hydroxylation sites is 3.